The van der Waals surface area contributed by atoms with Gasteiger partial charge in [0.1, 0.15) is 6.54 Å². The van der Waals surface area contributed by atoms with E-state index in [1.165, 1.54) is 9.13 Å². The van der Waals surface area contributed by atoms with E-state index < -0.39 is 5.69 Å². The third-order valence-corrected chi connectivity index (χ3v) is 5.41. The highest BCUT2D eigenvalue weighted by Crippen LogP contribution is 2.12. The highest BCUT2D eigenvalue weighted by Gasteiger charge is 2.18. The summed E-state index contributed by atoms with van der Waals surface area (Å²) in [5.74, 6) is -0.133. The number of unbranched alkanes of at least 4 members (excludes halogenated alkanes) is 1. The largest absolute Gasteiger partial charge is 0.341 e. The molecule has 7 heteroatoms. The molecule has 158 valence electrons. The summed E-state index contributed by atoms with van der Waals surface area (Å²) in [6, 6.07) is 14.0. The normalized spacial score (nSPS) is 11.0. The summed E-state index contributed by atoms with van der Waals surface area (Å²) in [4.78, 5) is 41.0. The molecule has 0 bridgehead atoms. The molecule has 0 aliphatic carbocycles. The molecular formula is C23H26ClN3O3. The van der Waals surface area contributed by atoms with Crippen LogP contribution in [-0.4, -0.2) is 33.0 Å². The van der Waals surface area contributed by atoms with Gasteiger partial charge >= 0.3 is 5.69 Å². The molecule has 3 rings (SSSR count). The average molecular weight is 428 g/mol. The number of benzene rings is 2. The standard InChI is InChI=1S/C23H26ClN3O3/c1-3-5-13-25(4-2)21(28)16-26-20-12-7-6-11-19(20)22(29)27(23(26)30)15-17-9-8-10-18(24)14-17/h6-12,14H,3-5,13,15-16H2,1-2H3. The molecule has 0 aliphatic rings. The zero-order chi connectivity index (χ0) is 21.7. The minimum Gasteiger partial charge on any atom is -0.341 e. The van der Waals surface area contributed by atoms with Crippen molar-refractivity contribution in [1.82, 2.24) is 14.0 Å². The molecule has 6 nitrogen and oxygen atoms in total. The number of amides is 1. The number of hydrogen-bond donors (Lipinski definition) is 0. The second-order valence-electron chi connectivity index (χ2n) is 7.23. The highest BCUT2D eigenvalue weighted by molar-refractivity contribution is 6.30. The Morgan fingerprint density at radius 3 is 2.50 bits per heavy atom. The second-order valence-corrected chi connectivity index (χ2v) is 7.67. The Bertz CT molecular complexity index is 1170. The molecule has 0 saturated carbocycles. The molecule has 0 fully saturated rings. The van der Waals surface area contributed by atoms with E-state index in [1.807, 2.05) is 13.0 Å². The molecular weight excluding hydrogens is 402 g/mol. The van der Waals surface area contributed by atoms with Gasteiger partial charge in [0, 0.05) is 18.1 Å². The maximum absolute atomic E-state index is 13.3. The number of carbonyl (C=O) groups excluding carboxylic acids is 1. The number of nitrogens with zero attached hydrogens (tertiary/aromatic N) is 3. The molecule has 3 aromatic rings. The summed E-state index contributed by atoms with van der Waals surface area (Å²) < 4.78 is 2.57. The minimum absolute atomic E-state index is 0.0879. The van der Waals surface area contributed by atoms with Crippen LogP contribution in [0.3, 0.4) is 0 Å². The van der Waals surface area contributed by atoms with Gasteiger partial charge in [-0.3, -0.25) is 18.7 Å². The van der Waals surface area contributed by atoms with Crippen LogP contribution >= 0.6 is 11.6 Å². The zero-order valence-corrected chi connectivity index (χ0v) is 18.1. The maximum Gasteiger partial charge on any atom is 0.332 e. The maximum atomic E-state index is 13.3. The van der Waals surface area contributed by atoms with Gasteiger partial charge in [-0.2, -0.15) is 0 Å². The first-order valence-electron chi connectivity index (χ1n) is 10.2. The Kier molecular flexibility index (Phi) is 7.11. The fourth-order valence-electron chi connectivity index (χ4n) is 3.52. The lowest BCUT2D eigenvalue weighted by Gasteiger charge is -2.22. The van der Waals surface area contributed by atoms with Crippen molar-refractivity contribution < 1.29 is 4.79 Å². The number of halogens is 1. The lowest BCUT2D eigenvalue weighted by atomic mass is 10.2. The summed E-state index contributed by atoms with van der Waals surface area (Å²) in [6.07, 6.45) is 1.89. The van der Waals surface area contributed by atoms with E-state index in [2.05, 4.69) is 6.92 Å². The molecule has 0 saturated heterocycles. The number of aromatic nitrogens is 2. The number of likely N-dealkylation sites (N-methyl/N-ethyl adjacent to an activating group) is 1. The predicted octanol–water partition coefficient (Wildman–Crippen LogP) is 3.51. The second kappa shape index (κ2) is 9.76. The highest BCUT2D eigenvalue weighted by atomic mass is 35.5. The summed E-state index contributed by atoms with van der Waals surface area (Å²) in [5, 5.41) is 0.940. The summed E-state index contributed by atoms with van der Waals surface area (Å²) in [6.45, 7) is 5.21. The molecule has 0 spiro atoms. The van der Waals surface area contributed by atoms with Crippen LogP contribution in [0.25, 0.3) is 10.9 Å². The Balaban J connectivity index is 2.08. The van der Waals surface area contributed by atoms with E-state index in [9.17, 15) is 14.4 Å². The van der Waals surface area contributed by atoms with Crippen LogP contribution in [0, 0.1) is 0 Å². The predicted molar refractivity (Wildman–Crippen MR) is 120 cm³/mol. The number of hydrogen-bond acceptors (Lipinski definition) is 3. The molecule has 2 aromatic carbocycles. The van der Waals surface area contributed by atoms with Crippen LogP contribution in [0.15, 0.2) is 58.1 Å². The third-order valence-electron chi connectivity index (χ3n) is 5.17. The number of fused-ring (bicyclic) bond motifs is 1. The van der Waals surface area contributed by atoms with Gasteiger partial charge in [0.15, 0.2) is 0 Å². The molecule has 0 aliphatic heterocycles. The Labute approximate surface area is 180 Å². The van der Waals surface area contributed by atoms with E-state index in [0.29, 0.717) is 29.0 Å². The number of rotatable bonds is 8. The topological polar surface area (TPSA) is 64.3 Å². The quantitative estimate of drug-likeness (QED) is 0.552. The van der Waals surface area contributed by atoms with Crippen molar-refractivity contribution in [1.29, 1.82) is 0 Å². The number of para-hydroxylation sites is 1. The van der Waals surface area contributed by atoms with E-state index in [-0.39, 0.29) is 24.6 Å². The summed E-state index contributed by atoms with van der Waals surface area (Å²) >= 11 is 6.06. The van der Waals surface area contributed by atoms with Gasteiger partial charge in [-0.15, -0.1) is 0 Å². The van der Waals surface area contributed by atoms with Crippen molar-refractivity contribution in [2.24, 2.45) is 0 Å². The molecule has 1 aromatic heterocycles. The van der Waals surface area contributed by atoms with Gasteiger partial charge < -0.3 is 4.90 Å². The summed E-state index contributed by atoms with van der Waals surface area (Å²) in [7, 11) is 0. The van der Waals surface area contributed by atoms with Crippen molar-refractivity contribution in [2.75, 3.05) is 13.1 Å². The Morgan fingerprint density at radius 1 is 1.03 bits per heavy atom. The first-order valence-corrected chi connectivity index (χ1v) is 10.6. The fourth-order valence-corrected chi connectivity index (χ4v) is 3.74. The van der Waals surface area contributed by atoms with E-state index in [4.69, 9.17) is 11.6 Å². The van der Waals surface area contributed by atoms with E-state index in [1.54, 1.807) is 47.4 Å². The SMILES string of the molecule is CCCCN(CC)C(=O)Cn1c(=O)n(Cc2cccc(Cl)c2)c(=O)c2ccccc21. The van der Waals surface area contributed by atoms with Gasteiger partial charge in [-0.05, 0) is 43.2 Å². The van der Waals surface area contributed by atoms with E-state index in [0.717, 1.165) is 18.4 Å². The average Bonchev–Trinajstić information content (AvgIpc) is 2.75. The van der Waals surface area contributed by atoms with Crippen molar-refractivity contribution in [3.63, 3.8) is 0 Å². The molecule has 0 atom stereocenters. The van der Waals surface area contributed by atoms with Crippen LogP contribution in [0.2, 0.25) is 5.02 Å². The fraction of sp³-hybridized carbons (Fsp3) is 0.348. The lowest BCUT2D eigenvalue weighted by Crippen LogP contribution is -2.43. The van der Waals surface area contributed by atoms with Gasteiger partial charge in [-0.1, -0.05) is 49.2 Å². The smallest absolute Gasteiger partial charge is 0.332 e. The molecule has 1 amide bonds. The minimum atomic E-state index is -0.501. The molecule has 0 unspecified atom stereocenters. The van der Waals surface area contributed by atoms with Crippen LogP contribution in [0.1, 0.15) is 32.3 Å². The van der Waals surface area contributed by atoms with Crippen LogP contribution in [-0.2, 0) is 17.9 Å². The Hall–Kier alpha value is -2.86. The van der Waals surface area contributed by atoms with Crippen molar-refractivity contribution in [3.8, 4) is 0 Å². The van der Waals surface area contributed by atoms with Gasteiger partial charge in [0.2, 0.25) is 5.91 Å². The van der Waals surface area contributed by atoms with Crippen molar-refractivity contribution in [2.45, 2.75) is 39.8 Å². The molecule has 0 radical (unpaired) electrons. The van der Waals surface area contributed by atoms with Crippen LogP contribution in [0.5, 0.6) is 0 Å². The van der Waals surface area contributed by atoms with Crippen LogP contribution in [0.4, 0.5) is 0 Å². The Morgan fingerprint density at radius 2 is 1.80 bits per heavy atom. The molecule has 30 heavy (non-hydrogen) atoms. The monoisotopic (exact) mass is 427 g/mol. The van der Waals surface area contributed by atoms with Gasteiger partial charge in [0.25, 0.3) is 5.56 Å². The van der Waals surface area contributed by atoms with Gasteiger partial charge in [0.05, 0.1) is 17.4 Å². The van der Waals surface area contributed by atoms with Gasteiger partial charge in [-0.25, -0.2) is 4.79 Å². The first-order chi connectivity index (χ1) is 14.5. The zero-order valence-electron chi connectivity index (χ0n) is 17.3. The third kappa shape index (κ3) is 4.65. The molecule has 0 N–H and O–H groups in total. The first kappa shape index (κ1) is 21.8. The van der Waals surface area contributed by atoms with E-state index >= 15 is 0 Å². The number of carbonyl (C=O) groups is 1. The molecule has 1 heterocycles. The summed E-state index contributed by atoms with van der Waals surface area (Å²) in [5.41, 5.74) is 0.332. The lowest BCUT2D eigenvalue weighted by molar-refractivity contribution is -0.131. The van der Waals surface area contributed by atoms with Crippen molar-refractivity contribution in [3.05, 3.63) is 80.0 Å². The van der Waals surface area contributed by atoms with Crippen LogP contribution < -0.4 is 11.2 Å². The van der Waals surface area contributed by atoms with Crippen molar-refractivity contribution >= 4 is 28.4 Å².